The van der Waals surface area contributed by atoms with Crippen LogP contribution < -0.4 is 5.73 Å². The Labute approximate surface area is 105 Å². The summed E-state index contributed by atoms with van der Waals surface area (Å²) in [5.74, 6) is 0.771. The number of hydrogen-bond acceptors (Lipinski definition) is 3. The van der Waals surface area contributed by atoms with E-state index in [1.165, 1.54) is 0 Å². The highest BCUT2D eigenvalue weighted by atomic mass is 15.0. The van der Waals surface area contributed by atoms with Gasteiger partial charge in [-0.1, -0.05) is 12.1 Å². The van der Waals surface area contributed by atoms with Gasteiger partial charge in [-0.15, -0.1) is 0 Å². The van der Waals surface area contributed by atoms with Crippen LogP contribution in [0.4, 0.5) is 5.69 Å². The lowest BCUT2D eigenvalue weighted by Crippen LogP contribution is -1.94. The normalized spacial score (nSPS) is 11.0. The average Bonchev–Trinajstić information content (AvgIpc) is 2.78. The summed E-state index contributed by atoms with van der Waals surface area (Å²) in [5, 5.41) is 0. The van der Waals surface area contributed by atoms with Crippen LogP contribution in [0.25, 0.3) is 22.6 Å². The fraction of sp³-hybridized carbons (Fsp3) is 0.143. The minimum absolute atomic E-state index is 0.728. The van der Waals surface area contributed by atoms with Gasteiger partial charge in [0.25, 0.3) is 0 Å². The fourth-order valence-corrected chi connectivity index (χ4v) is 2.05. The first-order valence-electron chi connectivity index (χ1n) is 5.83. The van der Waals surface area contributed by atoms with Crippen LogP contribution in [0, 0.1) is 13.8 Å². The van der Waals surface area contributed by atoms with Gasteiger partial charge in [0.05, 0.1) is 5.52 Å². The first-order valence-corrected chi connectivity index (χ1v) is 5.83. The third-order valence-electron chi connectivity index (χ3n) is 3.18. The van der Waals surface area contributed by atoms with Crippen LogP contribution in [0.3, 0.4) is 0 Å². The van der Waals surface area contributed by atoms with Crippen molar-refractivity contribution in [3.05, 3.63) is 41.6 Å². The Morgan fingerprint density at radius 3 is 2.72 bits per heavy atom. The van der Waals surface area contributed by atoms with E-state index in [-0.39, 0.29) is 0 Å². The van der Waals surface area contributed by atoms with Crippen molar-refractivity contribution >= 4 is 16.9 Å². The number of rotatable bonds is 1. The molecular formula is C14H14N4. The van der Waals surface area contributed by atoms with Gasteiger partial charge in [0.2, 0.25) is 0 Å². The number of aryl methyl sites for hydroxylation is 2. The Balaban J connectivity index is 2.26. The number of anilines is 1. The number of H-pyrrole nitrogens is 1. The zero-order chi connectivity index (χ0) is 12.7. The van der Waals surface area contributed by atoms with Crippen molar-refractivity contribution < 1.29 is 0 Å². The molecular weight excluding hydrogens is 224 g/mol. The number of nitrogens with two attached hydrogens (primary N) is 1. The largest absolute Gasteiger partial charge is 0.398 e. The number of para-hydroxylation sites is 1. The predicted molar refractivity (Wildman–Crippen MR) is 73.2 cm³/mol. The first-order chi connectivity index (χ1) is 8.66. The highest BCUT2D eigenvalue weighted by molar-refractivity contribution is 5.82. The maximum atomic E-state index is 6.09. The van der Waals surface area contributed by atoms with Gasteiger partial charge < -0.3 is 10.7 Å². The Morgan fingerprint density at radius 2 is 1.94 bits per heavy atom. The van der Waals surface area contributed by atoms with E-state index in [0.29, 0.717) is 0 Å². The second-order valence-corrected chi connectivity index (χ2v) is 4.45. The van der Waals surface area contributed by atoms with Gasteiger partial charge in [-0.2, -0.15) is 0 Å². The van der Waals surface area contributed by atoms with Gasteiger partial charge in [-0.3, -0.25) is 0 Å². The van der Waals surface area contributed by atoms with Gasteiger partial charge >= 0.3 is 0 Å². The molecule has 90 valence electrons. The lowest BCUT2D eigenvalue weighted by atomic mass is 10.1. The molecule has 0 aliphatic heterocycles. The van der Waals surface area contributed by atoms with E-state index >= 15 is 0 Å². The van der Waals surface area contributed by atoms with Crippen LogP contribution in [0.1, 0.15) is 11.1 Å². The predicted octanol–water partition coefficient (Wildman–Crippen LogP) is 2.82. The lowest BCUT2D eigenvalue weighted by molar-refractivity contribution is 1.29. The summed E-state index contributed by atoms with van der Waals surface area (Å²) in [6.07, 6.45) is 1.77. The molecule has 3 rings (SSSR count). The number of imidazole rings is 1. The zero-order valence-corrected chi connectivity index (χ0v) is 10.4. The number of benzene rings is 1. The van der Waals surface area contributed by atoms with Crippen molar-refractivity contribution in [3.8, 4) is 11.4 Å². The second-order valence-electron chi connectivity index (χ2n) is 4.45. The summed E-state index contributed by atoms with van der Waals surface area (Å²) >= 11 is 0. The Bertz CT molecular complexity index is 728. The maximum absolute atomic E-state index is 6.09. The number of hydrogen-bond donors (Lipinski definition) is 2. The maximum Gasteiger partial charge on any atom is 0.178 e. The Hall–Kier alpha value is -2.36. The van der Waals surface area contributed by atoms with E-state index in [2.05, 4.69) is 15.0 Å². The number of aromatic nitrogens is 3. The van der Waals surface area contributed by atoms with E-state index in [9.17, 15) is 0 Å². The Kier molecular flexibility index (Phi) is 2.30. The average molecular weight is 238 g/mol. The molecule has 0 aliphatic rings. The topological polar surface area (TPSA) is 67.6 Å². The summed E-state index contributed by atoms with van der Waals surface area (Å²) in [6, 6.07) is 7.90. The quantitative estimate of drug-likeness (QED) is 0.640. The lowest BCUT2D eigenvalue weighted by Gasteiger charge is -2.04. The smallest absolute Gasteiger partial charge is 0.178 e. The molecule has 4 nitrogen and oxygen atoms in total. The van der Waals surface area contributed by atoms with Crippen molar-refractivity contribution in [2.75, 3.05) is 5.73 Å². The molecule has 0 unspecified atom stereocenters. The SMILES string of the molecule is Cc1cccc(-c2nc3nccc(C)c3[nH]2)c1N. The molecule has 0 saturated heterocycles. The molecule has 18 heavy (non-hydrogen) atoms. The third kappa shape index (κ3) is 1.54. The van der Waals surface area contributed by atoms with Crippen molar-refractivity contribution in [2.45, 2.75) is 13.8 Å². The summed E-state index contributed by atoms with van der Waals surface area (Å²) in [6.45, 7) is 4.02. The monoisotopic (exact) mass is 238 g/mol. The van der Waals surface area contributed by atoms with E-state index < -0.39 is 0 Å². The summed E-state index contributed by atoms with van der Waals surface area (Å²) < 4.78 is 0. The number of nitrogens with zero attached hydrogens (tertiary/aromatic N) is 2. The molecule has 0 fully saturated rings. The molecule has 0 aliphatic carbocycles. The number of nitrogens with one attached hydrogen (secondary N) is 1. The van der Waals surface area contributed by atoms with Crippen LogP contribution in [-0.4, -0.2) is 15.0 Å². The minimum Gasteiger partial charge on any atom is -0.398 e. The first kappa shape index (κ1) is 10.8. The van der Waals surface area contributed by atoms with Crippen LogP contribution in [0.15, 0.2) is 30.5 Å². The molecule has 1 aromatic carbocycles. The number of fused-ring (bicyclic) bond motifs is 1. The molecule has 4 heteroatoms. The molecule has 3 aromatic rings. The van der Waals surface area contributed by atoms with E-state index in [0.717, 1.165) is 39.4 Å². The van der Waals surface area contributed by atoms with Gasteiger partial charge in [-0.05, 0) is 37.1 Å². The summed E-state index contributed by atoms with van der Waals surface area (Å²) in [7, 11) is 0. The molecule has 0 amide bonds. The second kappa shape index (κ2) is 3.84. The van der Waals surface area contributed by atoms with Crippen molar-refractivity contribution in [1.29, 1.82) is 0 Å². The molecule has 2 aromatic heterocycles. The third-order valence-corrected chi connectivity index (χ3v) is 3.18. The number of aromatic amines is 1. The van der Waals surface area contributed by atoms with E-state index in [4.69, 9.17) is 5.73 Å². The summed E-state index contributed by atoms with van der Waals surface area (Å²) in [5.41, 5.74) is 11.7. The molecule has 2 heterocycles. The van der Waals surface area contributed by atoms with Crippen LogP contribution in [-0.2, 0) is 0 Å². The molecule has 0 spiro atoms. The molecule has 0 atom stereocenters. The van der Waals surface area contributed by atoms with Crippen molar-refractivity contribution in [2.24, 2.45) is 0 Å². The molecule has 0 bridgehead atoms. The number of nitrogen functional groups attached to an aromatic ring is 1. The van der Waals surface area contributed by atoms with Crippen LogP contribution in [0.2, 0.25) is 0 Å². The van der Waals surface area contributed by atoms with Crippen molar-refractivity contribution in [1.82, 2.24) is 15.0 Å². The Morgan fingerprint density at radius 1 is 1.11 bits per heavy atom. The van der Waals surface area contributed by atoms with E-state index in [1.54, 1.807) is 6.20 Å². The van der Waals surface area contributed by atoms with Crippen molar-refractivity contribution in [3.63, 3.8) is 0 Å². The standard InChI is InChI=1S/C14H14N4/c1-8-4-3-5-10(11(8)15)13-17-12-9(2)6-7-16-14(12)18-13/h3-7H,15H2,1-2H3,(H,16,17,18). The van der Waals surface area contributed by atoms with E-state index in [1.807, 2.05) is 38.1 Å². The fourth-order valence-electron chi connectivity index (χ4n) is 2.05. The van der Waals surface area contributed by atoms with Crippen LogP contribution in [0.5, 0.6) is 0 Å². The minimum atomic E-state index is 0.728. The molecule has 3 N–H and O–H groups in total. The summed E-state index contributed by atoms with van der Waals surface area (Å²) in [4.78, 5) is 12.1. The van der Waals surface area contributed by atoms with Gasteiger partial charge in [-0.25, -0.2) is 9.97 Å². The number of pyridine rings is 1. The highest BCUT2D eigenvalue weighted by Gasteiger charge is 2.10. The van der Waals surface area contributed by atoms with Crippen LogP contribution >= 0.6 is 0 Å². The van der Waals surface area contributed by atoms with Gasteiger partial charge in [0.15, 0.2) is 5.65 Å². The van der Waals surface area contributed by atoms with Gasteiger partial charge in [0, 0.05) is 17.4 Å². The zero-order valence-electron chi connectivity index (χ0n) is 10.4. The molecule has 0 radical (unpaired) electrons. The van der Waals surface area contributed by atoms with Gasteiger partial charge in [0.1, 0.15) is 5.82 Å². The molecule has 0 saturated carbocycles. The highest BCUT2D eigenvalue weighted by Crippen LogP contribution is 2.27.